The van der Waals surface area contributed by atoms with E-state index in [9.17, 15) is 0 Å². The van der Waals surface area contributed by atoms with Gasteiger partial charge in [0.15, 0.2) is 0 Å². The normalized spacial score (nSPS) is 11.4. The summed E-state index contributed by atoms with van der Waals surface area (Å²) in [6, 6.07) is 6.54. The molecule has 9 heteroatoms. The molecule has 6 nitrogen and oxygen atoms in total. The van der Waals surface area contributed by atoms with Crippen LogP contribution < -0.4 is 13.3 Å². The van der Waals surface area contributed by atoms with Gasteiger partial charge in [0.25, 0.3) is 25.0 Å². The lowest BCUT2D eigenvalue weighted by molar-refractivity contribution is 0.411. The molecule has 0 atom stereocenters. The van der Waals surface area contributed by atoms with Crippen LogP contribution in [0.5, 0.6) is 18.0 Å². The van der Waals surface area contributed by atoms with Crippen LogP contribution in [0, 0.1) is 0 Å². The van der Waals surface area contributed by atoms with Crippen LogP contribution in [0.4, 0.5) is 0 Å². The van der Waals surface area contributed by atoms with Gasteiger partial charge in [0.1, 0.15) is 0 Å². The van der Waals surface area contributed by atoms with Gasteiger partial charge in [-0.15, -0.1) is 74.2 Å². The average Bonchev–Trinajstić information content (AvgIpc) is 2.85. The van der Waals surface area contributed by atoms with E-state index in [0.29, 0.717) is 54.4 Å². The van der Waals surface area contributed by atoms with Crippen molar-refractivity contribution in [3.63, 3.8) is 0 Å². The first-order chi connectivity index (χ1) is 18.8. The minimum atomic E-state index is -2.48. The molecule has 0 N–H and O–H groups in total. The molecule has 1 rings (SSSR count). The number of nitrogens with zero attached hydrogens (tertiary/aromatic N) is 3. The first-order valence-electron chi connectivity index (χ1n) is 13.1. The Kier molecular flexibility index (Phi) is 15.0. The van der Waals surface area contributed by atoms with Crippen molar-refractivity contribution in [2.75, 3.05) is 0 Å². The second kappa shape index (κ2) is 17.3. The molecular formula is C30H45N3O3Si3. The van der Waals surface area contributed by atoms with Gasteiger partial charge in [-0.1, -0.05) is 54.7 Å². The van der Waals surface area contributed by atoms with Crippen LogP contribution in [-0.2, 0) is 0 Å². The Morgan fingerprint density at radius 2 is 0.513 bits per heavy atom. The molecule has 0 saturated heterocycles. The van der Waals surface area contributed by atoms with E-state index in [1.54, 1.807) is 0 Å². The van der Waals surface area contributed by atoms with Crippen molar-refractivity contribution in [2.45, 2.75) is 54.4 Å². The summed E-state index contributed by atoms with van der Waals surface area (Å²) in [5, 5.41) is 0. The molecule has 0 bridgehead atoms. The Bertz CT molecular complexity index is 821. The summed E-state index contributed by atoms with van der Waals surface area (Å²) in [6.07, 6.45) is 16.8. The van der Waals surface area contributed by atoms with Gasteiger partial charge >= 0.3 is 18.0 Å². The minimum Gasteiger partial charge on any atom is -0.516 e. The fourth-order valence-corrected chi connectivity index (χ4v) is 13.0. The van der Waals surface area contributed by atoms with Crippen LogP contribution in [0.2, 0.25) is 54.4 Å². The summed E-state index contributed by atoms with van der Waals surface area (Å²) >= 11 is 0. The molecule has 1 aromatic rings. The lowest BCUT2D eigenvalue weighted by Gasteiger charge is -2.31. The number of rotatable bonds is 24. The fraction of sp³-hybridized carbons (Fsp3) is 0.300. The summed E-state index contributed by atoms with van der Waals surface area (Å²) in [5.74, 6) is 0. The maximum atomic E-state index is 6.61. The molecule has 0 spiro atoms. The molecule has 0 amide bonds. The van der Waals surface area contributed by atoms with Gasteiger partial charge in [-0.25, -0.2) is 0 Å². The highest BCUT2D eigenvalue weighted by Crippen LogP contribution is 2.32. The van der Waals surface area contributed by atoms with Crippen LogP contribution in [0.15, 0.2) is 114 Å². The Labute approximate surface area is 239 Å². The Morgan fingerprint density at radius 3 is 0.641 bits per heavy atom. The molecule has 0 radical (unpaired) electrons. The third-order valence-electron chi connectivity index (χ3n) is 6.14. The van der Waals surface area contributed by atoms with Gasteiger partial charge in [0.2, 0.25) is 0 Å². The maximum absolute atomic E-state index is 6.61. The molecule has 0 aliphatic heterocycles. The molecule has 39 heavy (non-hydrogen) atoms. The van der Waals surface area contributed by atoms with Crippen LogP contribution >= 0.6 is 0 Å². The third-order valence-corrected chi connectivity index (χ3v) is 17.3. The Balaban J connectivity index is 3.79. The third kappa shape index (κ3) is 10.4. The molecule has 1 heterocycles. The zero-order chi connectivity index (χ0) is 29.2. The van der Waals surface area contributed by atoms with E-state index in [-0.39, 0.29) is 18.0 Å². The number of hydrogen-bond donors (Lipinski definition) is 0. The SMILES string of the molecule is C=CC[Si](CC=C)(CC=C)Oc1nc(O[Si](CC=C)(CC=C)CC=C)nc(O[Si](CC=C)(CC=C)CC=C)n1. The standard InChI is InChI=1S/C30H45N3O3Si3/c1-10-19-37(20-11-2,21-12-3)34-28-31-29(35-38(22-13-4,23-14-5)24-15-6)33-30(32-28)36-39(25-16-7,26-17-8)27-18-9/h10-18H,1-9,19-27H2. The van der Waals surface area contributed by atoms with E-state index < -0.39 is 25.0 Å². The van der Waals surface area contributed by atoms with Crippen molar-refractivity contribution in [2.24, 2.45) is 0 Å². The quantitative estimate of drug-likeness (QED) is 0.0903. The van der Waals surface area contributed by atoms with Crippen molar-refractivity contribution >= 4 is 25.0 Å². The van der Waals surface area contributed by atoms with Gasteiger partial charge in [-0.2, -0.15) is 0 Å². The minimum absolute atomic E-state index is 0.157. The summed E-state index contributed by atoms with van der Waals surface area (Å²) in [7, 11) is -7.45. The second-order valence-electron chi connectivity index (χ2n) is 9.47. The largest absolute Gasteiger partial charge is 0.516 e. The van der Waals surface area contributed by atoms with Gasteiger partial charge in [0.05, 0.1) is 0 Å². The van der Waals surface area contributed by atoms with E-state index >= 15 is 0 Å². The zero-order valence-electron chi connectivity index (χ0n) is 23.5. The summed E-state index contributed by atoms with van der Waals surface area (Å²) < 4.78 is 19.8. The molecule has 0 unspecified atom stereocenters. The Hall–Kier alpha value is -3.28. The highest BCUT2D eigenvalue weighted by Gasteiger charge is 2.39. The lowest BCUT2D eigenvalue weighted by atomic mass is 10.7. The highest BCUT2D eigenvalue weighted by molar-refractivity contribution is 6.76. The topological polar surface area (TPSA) is 66.4 Å². The Morgan fingerprint density at radius 1 is 0.359 bits per heavy atom. The molecule has 1 aromatic heterocycles. The summed E-state index contributed by atoms with van der Waals surface area (Å²) in [4.78, 5) is 13.9. The summed E-state index contributed by atoms with van der Waals surface area (Å²) in [5.41, 5.74) is 0. The molecule has 0 aliphatic rings. The second-order valence-corrected chi connectivity index (χ2v) is 20.9. The molecule has 0 aliphatic carbocycles. The average molecular weight is 580 g/mol. The van der Waals surface area contributed by atoms with Gasteiger partial charge in [-0.3, -0.25) is 0 Å². The summed E-state index contributed by atoms with van der Waals surface area (Å²) in [6.45, 7) is 35.5. The predicted molar refractivity (Wildman–Crippen MR) is 174 cm³/mol. The first-order valence-corrected chi connectivity index (χ1v) is 20.7. The highest BCUT2D eigenvalue weighted by atomic mass is 28.4. The zero-order valence-corrected chi connectivity index (χ0v) is 26.5. The van der Waals surface area contributed by atoms with Gasteiger partial charge in [-0.05, 0) is 54.4 Å². The van der Waals surface area contributed by atoms with Crippen LogP contribution in [0.25, 0.3) is 0 Å². The number of hydrogen-bond acceptors (Lipinski definition) is 6. The first kappa shape index (κ1) is 33.7. The molecule has 210 valence electrons. The van der Waals surface area contributed by atoms with Crippen molar-refractivity contribution in [3.05, 3.63) is 114 Å². The van der Waals surface area contributed by atoms with Crippen LogP contribution in [-0.4, -0.2) is 39.9 Å². The maximum Gasteiger partial charge on any atom is 0.311 e. The number of allylic oxidation sites excluding steroid dienone is 9. The fourth-order valence-electron chi connectivity index (χ4n) is 4.53. The van der Waals surface area contributed by atoms with E-state index in [1.807, 2.05) is 54.7 Å². The van der Waals surface area contributed by atoms with Crippen molar-refractivity contribution in [1.29, 1.82) is 0 Å². The number of aromatic nitrogens is 3. The van der Waals surface area contributed by atoms with Crippen molar-refractivity contribution < 1.29 is 13.3 Å². The van der Waals surface area contributed by atoms with Gasteiger partial charge in [0, 0.05) is 0 Å². The van der Waals surface area contributed by atoms with E-state index in [2.05, 4.69) is 74.2 Å². The van der Waals surface area contributed by atoms with Crippen molar-refractivity contribution in [3.8, 4) is 18.0 Å². The van der Waals surface area contributed by atoms with Gasteiger partial charge < -0.3 is 13.3 Å². The molecule has 0 fully saturated rings. The lowest BCUT2D eigenvalue weighted by Crippen LogP contribution is -2.43. The van der Waals surface area contributed by atoms with E-state index in [0.717, 1.165) is 0 Å². The van der Waals surface area contributed by atoms with Crippen LogP contribution in [0.3, 0.4) is 0 Å². The molecule has 0 saturated carbocycles. The van der Waals surface area contributed by atoms with E-state index in [1.165, 1.54) is 0 Å². The monoisotopic (exact) mass is 579 g/mol. The van der Waals surface area contributed by atoms with E-state index in [4.69, 9.17) is 13.3 Å². The smallest absolute Gasteiger partial charge is 0.311 e. The van der Waals surface area contributed by atoms with Crippen LogP contribution in [0.1, 0.15) is 0 Å². The molecule has 0 aromatic carbocycles. The molecular weight excluding hydrogens is 535 g/mol. The van der Waals surface area contributed by atoms with Crippen molar-refractivity contribution in [1.82, 2.24) is 15.0 Å². The predicted octanol–water partition coefficient (Wildman–Crippen LogP) is 8.52.